The lowest BCUT2D eigenvalue weighted by molar-refractivity contribution is 0.0239. The van der Waals surface area contributed by atoms with Crippen LogP contribution in [0.25, 0.3) is 0 Å². The topological polar surface area (TPSA) is 87.5 Å². The molecule has 1 saturated carbocycles. The highest BCUT2D eigenvalue weighted by atomic mass is 32.2. The van der Waals surface area contributed by atoms with Gasteiger partial charge in [0.25, 0.3) is 15.9 Å². The van der Waals surface area contributed by atoms with Crippen LogP contribution in [0.4, 0.5) is 0 Å². The molecule has 2 fully saturated rings. The van der Waals surface area contributed by atoms with Crippen molar-refractivity contribution in [1.29, 1.82) is 0 Å². The molecule has 1 aliphatic carbocycles. The smallest absolute Gasteiger partial charge is 0.262 e. The lowest BCUT2D eigenvalue weighted by atomic mass is 9.79. The monoisotopic (exact) mass is 473 g/mol. The molecule has 0 radical (unpaired) electrons. The lowest BCUT2D eigenvalue weighted by Crippen LogP contribution is -2.62. The Kier molecular flexibility index (Phi) is 6.93. The zero-order valence-corrected chi connectivity index (χ0v) is 20.7. The van der Waals surface area contributed by atoms with Crippen LogP contribution < -0.4 is 5.32 Å². The van der Waals surface area contributed by atoms with Crippen molar-refractivity contribution >= 4 is 15.9 Å². The summed E-state index contributed by atoms with van der Waals surface area (Å²) < 4.78 is 29.1. The van der Waals surface area contributed by atoms with E-state index in [1.807, 2.05) is 32.0 Å². The van der Waals surface area contributed by atoms with Crippen LogP contribution in [0.3, 0.4) is 0 Å². The Bertz CT molecular complexity index is 1100. The second-order valence-corrected chi connectivity index (χ2v) is 11.4. The molecule has 0 spiro atoms. The molecule has 9 heteroatoms. The molecule has 1 aromatic heterocycles. The predicted octanol–water partition coefficient (Wildman–Crippen LogP) is 2.48. The van der Waals surface area contributed by atoms with E-state index in [2.05, 4.69) is 15.2 Å². The first kappa shape index (κ1) is 23.9. The summed E-state index contributed by atoms with van der Waals surface area (Å²) in [5.74, 6) is -0.0335. The van der Waals surface area contributed by atoms with E-state index in [1.165, 1.54) is 17.1 Å². The fraction of sp³-hybridized carbons (Fsp3) is 0.583. The second kappa shape index (κ2) is 9.56. The number of aromatic nitrogens is 2. The maximum Gasteiger partial charge on any atom is 0.262 e. The molecule has 0 unspecified atom stereocenters. The van der Waals surface area contributed by atoms with E-state index in [-0.39, 0.29) is 16.5 Å². The molecule has 1 amide bonds. The van der Waals surface area contributed by atoms with Crippen molar-refractivity contribution in [2.75, 3.05) is 32.7 Å². The average molecular weight is 474 g/mol. The van der Waals surface area contributed by atoms with Gasteiger partial charge in [0.1, 0.15) is 0 Å². The van der Waals surface area contributed by atoms with Gasteiger partial charge in [0.05, 0.1) is 6.33 Å². The van der Waals surface area contributed by atoms with E-state index in [0.717, 1.165) is 42.4 Å². The number of piperazine rings is 1. The molecular weight excluding hydrogens is 438 g/mol. The Hall–Kier alpha value is -2.23. The lowest BCUT2D eigenvalue weighted by Gasteiger charge is -2.49. The van der Waals surface area contributed by atoms with E-state index in [1.54, 1.807) is 17.8 Å². The van der Waals surface area contributed by atoms with Crippen molar-refractivity contribution in [3.63, 3.8) is 0 Å². The van der Waals surface area contributed by atoms with Crippen molar-refractivity contribution in [3.05, 3.63) is 47.4 Å². The fourth-order valence-corrected chi connectivity index (χ4v) is 6.67. The quantitative estimate of drug-likeness (QED) is 0.697. The molecule has 2 aromatic rings. The predicted molar refractivity (Wildman–Crippen MR) is 128 cm³/mol. The standard InChI is InChI=1S/C24H35N5O3S/c1-19-7-8-21(20(2)15-19)23(30)25-17-24(9-5-4-6-10-24)28-11-13-29(14-12-28)33(31,32)22-16-27(3)18-26-22/h7-8,15-16,18H,4-6,9-14,17H2,1-3H3,(H,25,30). The molecule has 180 valence electrons. The van der Waals surface area contributed by atoms with E-state index in [0.29, 0.717) is 32.7 Å². The molecule has 1 aromatic carbocycles. The van der Waals surface area contributed by atoms with Gasteiger partial charge in [-0.3, -0.25) is 9.69 Å². The number of rotatable bonds is 6. The Morgan fingerprint density at radius 3 is 2.39 bits per heavy atom. The van der Waals surface area contributed by atoms with Crippen LogP contribution in [0, 0.1) is 13.8 Å². The SMILES string of the molecule is Cc1ccc(C(=O)NCC2(N3CCN(S(=O)(=O)c4cn(C)cn4)CC3)CCCCC2)c(C)c1. The van der Waals surface area contributed by atoms with Crippen molar-refractivity contribution in [2.24, 2.45) is 7.05 Å². The molecule has 0 atom stereocenters. The van der Waals surface area contributed by atoms with Crippen LogP contribution in [0.15, 0.2) is 35.7 Å². The van der Waals surface area contributed by atoms with Gasteiger partial charge in [-0.25, -0.2) is 13.4 Å². The summed E-state index contributed by atoms with van der Waals surface area (Å²) in [4.78, 5) is 19.4. The molecule has 1 N–H and O–H groups in total. The number of nitrogens with zero attached hydrogens (tertiary/aromatic N) is 4. The number of aryl methyl sites for hydroxylation is 3. The molecule has 33 heavy (non-hydrogen) atoms. The Morgan fingerprint density at radius 1 is 1.09 bits per heavy atom. The molecule has 8 nitrogen and oxygen atoms in total. The molecule has 1 saturated heterocycles. The average Bonchev–Trinajstić information content (AvgIpc) is 3.25. The molecule has 2 aliphatic rings. The highest BCUT2D eigenvalue weighted by Crippen LogP contribution is 2.34. The van der Waals surface area contributed by atoms with Gasteiger partial charge < -0.3 is 9.88 Å². The minimum atomic E-state index is -3.58. The molecule has 2 heterocycles. The second-order valence-electron chi connectivity index (χ2n) is 9.55. The first-order valence-corrected chi connectivity index (χ1v) is 13.2. The van der Waals surface area contributed by atoms with Crippen LogP contribution in [0.1, 0.15) is 53.6 Å². The highest BCUT2D eigenvalue weighted by Gasteiger charge is 2.41. The van der Waals surface area contributed by atoms with Crippen LogP contribution in [-0.2, 0) is 17.1 Å². The summed E-state index contributed by atoms with van der Waals surface area (Å²) >= 11 is 0. The van der Waals surface area contributed by atoms with Gasteiger partial charge in [0, 0.05) is 57.1 Å². The number of hydrogen-bond donors (Lipinski definition) is 1. The molecule has 1 aliphatic heterocycles. The summed E-state index contributed by atoms with van der Waals surface area (Å²) in [5, 5.41) is 3.32. The highest BCUT2D eigenvalue weighted by molar-refractivity contribution is 7.89. The zero-order valence-electron chi connectivity index (χ0n) is 19.9. The maximum atomic E-state index is 13.0. The minimum absolute atomic E-state index is 0.0335. The fourth-order valence-electron chi connectivity index (χ4n) is 5.28. The third-order valence-corrected chi connectivity index (χ3v) is 8.97. The van der Waals surface area contributed by atoms with Gasteiger partial charge in [-0.1, -0.05) is 37.0 Å². The molecule has 4 rings (SSSR count). The Balaban J connectivity index is 1.44. The largest absolute Gasteiger partial charge is 0.350 e. The Morgan fingerprint density at radius 2 is 1.79 bits per heavy atom. The molecule has 0 bridgehead atoms. The Labute approximate surface area is 197 Å². The van der Waals surface area contributed by atoms with Gasteiger partial charge in [-0.2, -0.15) is 4.31 Å². The third-order valence-electron chi connectivity index (χ3n) is 7.18. The van der Waals surface area contributed by atoms with E-state index in [9.17, 15) is 13.2 Å². The van der Waals surface area contributed by atoms with E-state index >= 15 is 0 Å². The van der Waals surface area contributed by atoms with Crippen LogP contribution >= 0.6 is 0 Å². The normalized spacial score (nSPS) is 20.0. The van der Waals surface area contributed by atoms with Gasteiger partial charge in [0.15, 0.2) is 5.03 Å². The summed E-state index contributed by atoms with van der Waals surface area (Å²) in [5.41, 5.74) is 2.73. The van der Waals surface area contributed by atoms with Crippen molar-refractivity contribution in [3.8, 4) is 0 Å². The van der Waals surface area contributed by atoms with Crippen molar-refractivity contribution in [2.45, 2.75) is 56.5 Å². The zero-order chi connectivity index (χ0) is 23.6. The van der Waals surface area contributed by atoms with Crippen LogP contribution in [0.2, 0.25) is 0 Å². The summed E-state index contributed by atoms with van der Waals surface area (Å²) in [6.45, 7) is 6.78. The number of amides is 1. The van der Waals surface area contributed by atoms with Gasteiger partial charge in [0.2, 0.25) is 0 Å². The van der Waals surface area contributed by atoms with Crippen molar-refractivity contribution in [1.82, 2.24) is 24.1 Å². The molecular formula is C24H35N5O3S. The number of hydrogen-bond acceptors (Lipinski definition) is 5. The third kappa shape index (κ3) is 5.00. The van der Waals surface area contributed by atoms with Crippen LogP contribution in [0.5, 0.6) is 0 Å². The van der Waals surface area contributed by atoms with Crippen molar-refractivity contribution < 1.29 is 13.2 Å². The number of nitrogens with one attached hydrogen (secondary N) is 1. The summed E-state index contributed by atoms with van der Waals surface area (Å²) in [6, 6.07) is 5.90. The first-order valence-electron chi connectivity index (χ1n) is 11.8. The van der Waals surface area contributed by atoms with Gasteiger partial charge in [-0.15, -0.1) is 0 Å². The summed E-state index contributed by atoms with van der Waals surface area (Å²) in [7, 11) is -1.81. The van der Waals surface area contributed by atoms with E-state index < -0.39 is 10.0 Å². The summed E-state index contributed by atoms with van der Waals surface area (Å²) in [6.07, 6.45) is 8.57. The number of carbonyl (C=O) groups is 1. The van der Waals surface area contributed by atoms with Gasteiger partial charge in [-0.05, 0) is 38.3 Å². The number of benzene rings is 1. The van der Waals surface area contributed by atoms with E-state index in [4.69, 9.17) is 0 Å². The first-order chi connectivity index (χ1) is 15.7. The number of sulfonamides is 1. The number of carbonyl (C=O) groups excluding carboxylic acids is 1. The van der Waals surface area contributed by atoms with Gasteiger partial charge >= 0.3 is 0 Å². The minimum Gasteiger partial charge on any atom is -0.350 e. The van der Waals surface area contributed by atoms with Crippen LogP contribution in [-0.4, -0.2) is 71.3 Å². The maximum absolute atomic E-state index is 13.0. The number of imidazole rings is 1.